The molecule has 0 aliphatic carbocycles. The molecule has 1 heterocycles. The largest absolute Gasteiger partial charge is 0.309 e. The summed E-state index contributed by atoms with van der Waals surface area (Å²) in [4.78, 5) is 0. The van der Waals surface area contributed by atoms with Crippen molar-refractivity contribution in [1.82, 2.24) is 0 Å². The van der Waals surface area contributed by atoms with Gasteiger partial charge in [0.25, 0.3) is 0 Å². The number of nitrogens with one attached hydrogen (secondary N) is 1. The van der Waals surface area contributed by atoms with Gasteiger partial charge in [0.1, 0.15) is 0 Å². The Hall–Kier alpha value is -4.79. The fourth-order valence-electron chi connectivity index (χ4n) is 5.79. The molecule has 0 fully saturated rings. The highest BCUT2D eigenvalue weighted by atomic mass is 32.1. The predicted octanol–water partition coefficient (Wildman–Crippen LogP) is 9.05. The van der Waals surface area contributed by atoms with Crippen molar-refractivity contribution in [1.29, 1.82) is 5.41 Å². The van der Waals surface area contributed by atoms with Crippen LogP contribution in [0.25, 0.3) is 77.0 Å². The number of hydrogen-bond acceptors (Lipinski definition) is 2. The molecular weight excluding hydrogens is 490 g/mol. The molecule has 7 rings (SSSR count). The molecule has 0 saturated carbocycles. The number of hydrogen-bond donors (Lipinski definition) is 1. The van der Waals surface area contributed by atoms with Crippen LogP contribution in [0, 0.1) is 5.41 Å². The van der Waals surface area contributed by atoms with Crippen molar-refractivity contribution >= 4 is 61.2 Å². The van der Waals surface area contributed by atoms with Crippen LogP contribution in [0.2, 0.25) is 0 Å². The highest BCUT2D eigenvalue weighted by molar-refractivity contribution is 7.25. The summed E-state index contributed by atoms with van der Waals surface area (Å²) in [5.41, 5.74) is 6.87. The maximum absolute atomic E-state index is 8.03. The fourth-order valence-corrected chi connectivity index (χ4v) is 6.87. The first-order valence-electron chi connectivity index (χ1n) is 13.0. The van der Waals surface area contributed by atoms with Gasteiger partial charge < -0.3 is 5.41 Å². The van der Waals surface area contributed by atoms with Crippen LogP contribution < -0.4 is 10.4 Å². The van der Waals surface area contributed by atoms with E-state index in [4.69, 9.17) is 5.41 Å². The van der Waals surface area contributed by atoms with Crippen molar-refractivity contribution in [2.24, 2.45) is 0 Å². The second kappa shape index (κ2) is 9.50. The van der Waals surface area contributed by atoms with E-state index in [1.54, 1.807) is 0 Å². The smallest absolute Gasteiger partial charge is 0.0355 e. The monoisotopic (exact) mass is 515 g/mol. The van der Waals surface area contributed by atoms with Crippen LogP contribution in [-0.2, 0) is 0 Å². The van der Waals surface area contributed by atoms with Crippen molar-refractivity contribution in [3.63, 3.8) is 0 Å². The fraction of sp³-hybridized carbons (Fsp3) is 0. The topological polar surface area (TPSA) is 23.9 Å². The van der Waals surface area contributed by atoms with Crippen LogP contribution in [0.1, 0.15) is 0 Å². The van der Waals surface area contributed by atoms with Gasteiger partial charge in [-0.3, -0.25) is 0 Å². The maximum atomic E-state index is 8.03. The van der Waals surface area contributed by atoms with E-state index in [-0.39, 0.29) is 0 Å². The quantitative estimate of drug-likeness (QED) is 0.226. The molecule has 1 N–H and O–H groups in total. The van der Waals surface area contributed by atoms with E-state index in [0.29, 0.717) is 0 Å². The summed E-state index contributed by atoms with van der Waals surface area (Å²) in [7, 11) is 0. The van der Waals surface area contributed by atoms with E-state index in [9.17, 15) is 0 Å². The Bertz CT molecular complexity index is 2150. The van der Waals surface area contributed by atoms with Crippen LogP contribution in [-0.4, -0.2) is 6.21 Å². The highest BCUT2D eigenvalue weighted by Gasteiger charge is 2.15. The highest BCUT2D eigenvalue weighted by Crippen LogP contribution is 2.38. The van der Waals surface area contributed by atoms with Crippen molar-refractivity contribution < 1.29 is 0 Å². The molecule has 7 aromatic rings. The molecule has 0 bridgehead atoms. The summed E-state index contributed by atoms with van der Waals surface area (Å²) >= 11 is 1.83. The molecule has 1 nitrogen and oxygen atoms in total. The van der Waals surface area contributed by atoms with Crippen LogP contribution >= 0.6 is 11.3 Å². The zero-order chi connectivity index (χ0) is 26.3. The van der Waals surface area contributed by atoms with Gasteiger partial charge in [0.2, 0.25) is 0 Å². The van der Waals surface area contributed by atoms with Gasteiger partial charge in [0.15, 0.2) is 0 Å². The lowest BCUT2D eigenvalue weighted by atomic mass is 9.87. The summed E-state index contributed by atoms with van der Waals surface area (Å²) in [6.07, 6.45) is 3.27. The first-order chi connectivity index (χ1) is 19.2. The molecule has 0 unspecified atom stereocenters. The summed E-state index contributed by atoms with van der Waals surface area (Å²) in [5, 5.41) is 14.8. The zero-order valence-corrected chi connectivity index (χ0v) is 22.1. The summed E-state index contributed by atoms with van der Waals surface area (Å²) < 4.78 is 2.58. The molecule has 6 aromatic carbocycles. The van der Waals surface area contributed by atoms with Gasteiger partial charge in [-0.1, -0.05) is 104 Å². The van der Waals surface area contributed by atoms with E-state index in [0.717, 1.165) is 38.1 Å². The van der Waals surface area contributed by atoms with E-state index in [2.05, 4.69) is 122 Å². The second-order valence-electron chi connectivity index (χ2n) is 9.78. The van der Waals surface area contributed by atoms with Gasteiger partial charge in [-0.15, -0.1) is 11.3 Å². The minimum atomic E-state index is 0.938. The zero-order valence-electron chi connectivity index (χ0n) is 21.3. The van der Waals surface area contributed by atoms with Crippen LogP contribution in [0.3, 0.4) is 0 Å². The number of thiophene rings is 1. The Morgan fingerprint density at radius 1 is 0.513 bits per heavy atom. The van der Waals surface area contributed by atoms with Crippen LogP contribution in [0.5, 0.6) is 0 Å². The van der Waals surface area contributed by atoms with Gasteiger partial charge in [-0.2, -0.15) is 0 Å². The average Bonchev–Trinajstić information content (AvgIpc) is 3.36. The minimum Gasteiger partial charge on any atom is -0.309 e. The Morgan fingerprint density at radius 3 is 1.92 bits per heavy atom. The lowest BCUT2D eigenvalue weighted by Gasteiger charge is -2.16. The van der Waals surface area contributed by atoms with Crippen molar-refractivity contribution in [3.8, 4) is 33.4 Å². The summed E-state index contributed by atoms with van der Waals surface area (Å²) in [6.45, 7) is 4.62. The Labute approximate surface area is 231 Å². The predicted molar refractivity (Wildman–Crippen MR) is 171 cm³/mol. The first kappa shape index (κ1) is 23.3. The third-order valence-corrected chi connectivity index (χ3v) is 8.69. The van der Waals surface area contributed by atoms with Crippen molar-refractivity contribution in [2.75, 3.05) is 0 Å². The number of benzene rings is 6. The number of fused-ring (bicyclic) bond motifs is 4. The molecule has 0 spiro atoms. The van der Waals surface area contributed by atoms with E-state index < -0.39 is 0 Å². The molecule has 0 aliphatic heterocycles. The molecule has 1 aromatic heterocycles. The Morgan fingerprint density at radius 2 is 1.13 bits per heavy atom. The molecule has 2 heteroatoms. The Kier molecular flexibility index (Phi) is 5.69. The average molecular weight is 516 g/mol. The SMILES string of the molecule is C=c1c(-c2cccc(-c3ccccc3)c2)c2ccccc2c(-c2ccc3sc4ccccc4c3c2)/c1=C/C=N. The molecule has 0 radical (unpaired) electrons. The lowest BCUT2D eigenvalue weighted by molar-refractivity contribution is 1.53. The van der Waals surface area contributed by atoms with Crippen molar-refractivity contribution in [2.45, 2.75) is 0 Å². The molecular formula is C37H25NS. The molecule has 0 atom stereocenters. The van der Waals surface area contributed by atoms with E-state index in [1.807, 2.05) is 23.5 Å². The number of rotatable bonds is 4. The Balaban J connectivity index is 1.54. The standard InChI is InChI=1S/C37H25NS/c1-24-29(20-21-38)37(28-18-19-35-33(23-28)30-14-7-8-17-34(30)39-35)32-16-6-5-15-31(32)36(24)27-13-9-12-26(22-27)25-10-3-2-4-11-25/h2-23,38H,1H2/b29-20+,38-21?. The lowest BCUT2D eigenvalue weighted by Crippen LogP contribution is -2.28. The molecule has 0 saturated heterocycles. The normalized spacial score (nSPS) is 11.9. The van der Waals surface area contributed by atoms with E-state index in [1.165, 1.54) is 42.9 Å². The molecule has 184 valence electrons. The summed E-state index contributed by atoms with van der Waals surface area (Å²) in [5.74, 6) is 0. The van der Waals surface area contributed by atoms with Crippen LogP contribution in [0.4, 0.5) is 0 Å². The summed E-state index contributed by atoms with van der Waals surface area (Å²) in [6, 6.07) is 43.1. The maximum Gasteiger partial charge on any atom is 0.0355 e. The van der Waals surface area contributed by atoms with E-state index >= 15 is 0 Å². The van der Waals surface area contributed by atoms with Gasteiger partial charge in [0.05, 0.1) is 0 Å². The second-order valence-corrected chi connectivity index (χ2v) is 10.9. The van der Waals surface area contributed by atoms with Gasteiger partial charge in [0, 0.05) is 26.4 Å². The molecule has 39 heavy (non-hydrogen) atoms. The van der Waals surface area contributed by atoms with Gasteiger partial charge >= 0.3 is 0 Å². The van der Waals surface area contributed by atoms with Crippen LogP contribution in [0.15, 0.2) is 121 Å². The minimum absolute atomic E-state index is 0.938. The molecule has 0 amide bonds. The third-order valence-electron chi connectivity index (χ3n) is 7.54. The van der Waals surface area contributed by atoms with Gasteiger partial charge in [-0.25, -0.2) is 0 Å². The van der Waals surface area contributed by atoms with Gasteiger partial charge in [-0.05, 0) is 84.9 Å². The third kappa shape index (κ3) is 3.89. The van der Waals surface area contributed by atoms with Crippen molar-refractivity contribution in [3.05, 3.63) is 132 Å². The molecule has 0 aliphatic rings. The first-order valence-corrected chi connectivity index (χ1v) is 13.9.